The van der Waals surface area contributed by atoms with Crippen molar-refractivity contribution in [2.45, 2.75) is 31.1 Å². The predicted molar refractivity (Wildman–Crippen MR) is 89.3 cm³/mol. The van der Waals surface area contributed by atoms with Gasteiger partial charge in [-0.3, -0.25) is 0 Å². The average Bonchev–Trinajstić information content (AvgIpc) is 2.92. The van der Waals surface area contributed by atoms with Crippen molar-refractivity contribution in [3.8, 4) is 5.75 Å². The summed E-state index contributed by atoms with van der Waals surface area (Å²) in [5.41, 5.74) is 2.22. The molecule has 0 radical (unpaired) electrons. The molecule has 1 aromatic heterocycles. The molecule has 3 rings (SSSR count). The Hall–Kier alpha value is -0.580. The molecule has 1 aliphatic rings. The molecule has 1 aromatic carbocycles. The third-order valence-corrected chi connectivity index (χ3v) is 6.32. The van der Waals surface area contributed by atoms with Crippen molar-refractivity contribution < 1.29 is 9.13 Å². The molecule has 1 heterocycles. The minimum Gasteiger partial charge on any atom is -0.496 e. The molecule has 1 unspecified atom stereocenters. The molecule has 1 nitrogen and oxygen atoms in total. The number of ether oxygens (including phenoxy) is 1. The van der Waals surface area contributed by atoms with Crippen molar-refractivity contribution in [1.29, 1.82) is 0 Å². The Morgan fingerprint density at radius 1 is 1.29 bits per heavy atom. The maximum atomic E-state index is 13.6. The van der Waals surface area contributed by atoms with Crippen molar-refractivity contribution in [3.05, 3.63) is 49.4 Å². The van der Waals surface area contributed by atoms with Gasteiger partial charge in [-0.2, -0.15) is 0 Å². The highest BCUT2D eigenvalue weighted by atomic mass is 79.9. The fourth-order valence-corrected chi connectivity index (χ4v) is 4.69. The van der Waals surface area contributed by atoms with Crippen LogP contribution in [-0.4, -0.2) is 7.11 Å². The highest BCUT2D eigenvalue weighted by Gasteiger charge is 2.22. The van der Waals surface area contributed by atoms with Crippen molar-refractivity contribution in [2.75, 3.05) is 7.11 Å². The van der Waals surface area contributed by atoms with Crippen LogP contribution in [0.1, 0.15) is 39.1 Å². The van der Waals surface area contributed by atoms with Gasteiger partial charge in [-0.1, -0.05) is 0 Å². The molecule has 2 aromatic rings. The minimum absolute atomic E-state index is 0.313. The van der Waals surface area contributed by atoms with Gasteiger partial charge in [-0.05, 0) is 59.3 Å². The number of rotatable bonds is 3. The number of thiophene rings is 1. The van der Waals surface area contributed by atoms with Gasteiger partial charge in [-0.15, -0.1) is 22.9 Å². The largest absolute Gasteiger partial charge is 0.496 e. The molecule has 0 fully saturated rings. The van der Waals surface area contributed by atoms with Gasteiger partial charge in [0.1, 0.15) is 11.6 Å². The van der Waals surface area contributed by atoms with Crippen molar-refractivity contribution in [2.24, 2.45) is 0 Å². The Labute approximate surface area is 141 Å². The van der Waals surface area contributed by atoms with Crippen molar-refractivity contribution in [3.63, 3.8) is 0 Å². The molecule has 0 bridgehead atoms. The third-order valence-electron chi connectivity index (χ3n) is 3.81. The van der Waals surface area contributed by atoms with E-state index in [4.69, 9.17) is 16.3 Å². The molecular formula is C16H15BrClFOS. The van der Waals surface area contributed by atoms with Crippen LogP contribution in [0, 0.1) is 5.82 Å². The van der Waals surface area contributed by atoms with E-state index in [1.54, 1.807) is 17.4 Å². The number of hydrogen-bond acceptors (Lipinski definition) is 2. The second-order valence-electron chi connectivity index (χ2n) is 5.18. The van der Waals surface area contributed by atoms with E-state index >= 15 is 0 Å². The first kappa shape index (κ1) is 15.3. The summed E-state index contributed by atoms with van der Waals surface area (Å²) < 4.78 is 19.3. The number of methoxy groups -OCH3 is 1. The molecule has 0 aliphatic heterocycles. The second kappa shape index (κ2) is 6.27. The maximum absolute atomic E-state index is 13.6. The Kier molecular flexibility index (Phi) is 4.57. The summed E-state index contributed by atoms with van der Waals surface area (Å²) in [5.74, 6) is 0.145. The predicted octanol–water partition coefficient (Wildman–Crippen LogP) is 5.87. The summed E-state index contributed by atoms with van der Waals surface area (Å²) in [5, 5.41) is -0.313. The van der Waals surface area contributed by atoms with E-state index in [1.807, 2.05) is 0 Å². The van der Waals surface area contributed by atoms with Crippen LogP contribution >= 0.6 is 38.9 Å². The molecule has 0 saturated carbocycles. The normalized spacial score (nSPS) is 15.6. The minimum atomic E-state index is -0.343. The molecular weight excluding hydrogens is 375 g/mol. The van der Waals surface area contributed by atoms with E-state index in [0.29, 0.717) is 10.2 Å². The first-order valence-corrected chi connectivity index (χ1v) is 8.93. The molecule has 1 atom stereocenters. The lowest BCUT2D eigenvalue weighted by molar-refractivity contribution is 0.406. The lowest BCUT2D eigenvalue weighted by Crippen LogP contribution is -1.98. The van der Waals surface area contributed by atoms with E-state index in [9.17, 15) is 4.39 Å². The fourth-order valence-electron chi connectivity index (χ4n) is 2.71. The summed E-state index contributed by atoms with van der Waals surface area (Å²) in [4.78, 5) is 2.56. The summed E-state index contributed by atoms with van der Waals surface area (Å²) >= 11 is 11.6. The lowest BCUT2D eigenvalue weighted by atomic mass is 9.98. The van der Waals surface area contributed by atoms with Gasteiger partial charge < -0.3 is 4.74 Å². The summed E-state index contributed by atoms with van der Waals surface area (Å²) in [6, 6.07) is 5.29. The number of benzene rings is 1. The zero-order valence-corrected chi connectivity index (χ0v) is 14.7. The van der Waals surface area contributed by atoms with Crippen LogP contribution in [0.4, 0.5) is 4.39 Å². The van der Waals surface area contributed by atoms with Crippen LogP contribution in [0.5, 0.6) is 5.75 Å². The number of fused-ring (bicyclic) bond motifs is 1. The zero-order valence-electron chi connectivity index (χ0n) is 11.6. The molecule has 0 saturated heterocycles. The Morgan fingerprint density at radius 2 is 2.05 bits per heavy atom. The fraction of sp³-hybridized carbons (Fsp3) is 0.375. The molecule has 0 spiro atoms. The SMILES string of the molecule is COc1cc(F)c(Br)cc1C(Cl)c1cc2c(s1)CCCC2. The summed E-state index contributed by atoms with van der Waals surface area (Å²) in [7, 11) is 1.54. The Bertz CT molecular complexity index is 647. The van der Waals surface area contributed by atoms with Crippen molar-refractivity contribution in [1.82, 2.24) is 0 Å². The summed E-state index contributed by atoms with van der Waals surface area (Å²) in [6.45, 7) is 0. The van der Waals surface area contributed by atoms with Crippen LogP contribution in [0.2, 0.25) is 0 Å². The second-order valence-corrected chi connectivity index (χ2v) is 7.63. The monoisotopic (exact) mass is 388 g/mol. The van der Waals surface area contributed by atoms with Gasteiger partial charge >= 0.3 is 0 Å². The molecule has 1 aliphatic carbocycles. The molecule has 21 heavy (non-hydrogen) atoms. The van der Waals surface area contributed by atoms with Crippen LogP contribution in [0.15, 0.2) is 22.7 Å². The van der Waals surface area contributed by atoms with E-state index in [2.05, 4.69) is 22.0 Å². The van der Waals surface area contributed by atoms with Gasteiger partial charge in [0.25, 0.3) is 0 Å². The van der Waals surface area contributed by atoms with Crippen LogP contribution in [-0.2, 0) is 12.8 Å². The first-order valence-electron chi connectivity index (χ1n) is 6.88. The zero-order chi connectivity index (χ0) is 15.0. The number of halogens is 3. The van der Waals surface area contributed by atoms with Gasteiger partial charge in [0.2, 0.25) is 0 Å². The quantitative estimate of drug-likeness (QED) is 0.597. The van der Waals surface area contributed by atoms with E-state index in [0.717, 1.165) is 23.3 Å². The van der Waals surface area contributed by atoms with Gasteiger partial charge in [0.15, 0.2) is 0 Å². The van der Waals surface area contributed by atoms with Crippen LogP contribution in [0.3, 0.4) is 0 Å². The highest BCUT2D eigenvalue weighted by Crippen LogP contribution is 2.42. The Balaban J connectivity index is 1.99. The Morgan fingerprint density at radius 3 is 2.76 bits per heavy atom. The van der Waals surface area contributed by atoms with Gasteiger partial charge in [0, 0.05) is 21.4 Å². The average molecular weight is 390 g/mol. The molecule has 5 heteroatoms. The number of alkyl halides is 1. The first-order chi connectivity index (χ1) is 10.1. The van der Waals surface area contributed by atoms with Crippen LogP contribution < -0.4 is 4.74 Å². The van der Waals surface area contributed by atoms with Crippen LogP contribution in [0.25, 0.3) is 0 Å². The van der Waals surface area contributed by atoms with E-state index in [-0.39, 0.29) is 11.2 Å². The smallest absolute Gasteiger partial charge is 0.141 e. The number of aryl methyl sites for hydroxylation is 2. The maximum Gasteiger partial charge on any atom is 0.141 e. The standard InChI is InChI=1S/C16H15BrClFOS/c1-20-13-8-12(19)11(17)7-10(13)16(18)15-6-9-4-2-3-5-14(9)21-15/h6-8,16H,2-5H2,1H3. The molecule has 0 amide bonds. The highest BCUT2D eigenvalue weighted by molar-refractivity contribution is 9.10. The topological polar surface area (TPSA) is 9.23 Å². The van der Waals surface area contributed by atoms with Gasteiger partial charge in [0.05, 0.1) is 17.0 Å². The summed E-state index contributed by atoms with van der Waals surface area (Å²) in [6.07, 6.45) is 4.79. The number of hydrogen-bond donors (Lipinski definition) is 0. The lowest BCUT2D eigenvalue weighted by Gasteiger charge is -2.14. The molecule has 112 valence electrons. The van der Waals surface area contributed by atoms with Gasteiger partial charge in [-0.25, -0.2) is 4.39 Å². The third kappa shape index (κ3) is 2.99. The van der Waals surface area contributed by atoms with E-state index in [1.165, 1.54) is 36.5 Å². The van der Waals surface area contributed by atoms with Crippen molar-refractivity contribution >= 4 is 38.9 Å². The molecule has 0 N–H and O–H groups in total. The van der Waals surface area contributed by atoms with E-state index < -0.39 is 0 Å².